The first kappa shape index (κ1) is 19.2. The van der Waals surface area contributed by atoms with Crippen molar-refractivity contribution in [1.82, 2.24) is 10.2 Å². The maximum absolute atomic E-state index is 12.4. The zero-order valence-corrected chi connectivity index (χ0v) is 16.5. The van der Waals surface area contributed by atoms with Gasteiger partial charge in [0, 0.05) is 25.3 Å². The number of amides is 1. The van der Waals surface area contributed by atoms with E-state index < -0.39 is 0 Å². The minimum atomic E-state index is -0.0245. The van der Waals surface area contributed by atoms with Gasteiger partial charge in [0.25, 0.3) is 5.91 Å². The van der Waals surface area contributed by atoms with E-state index >= 15 is 0 Å². The van der Waals surface area contributed by atoms with Crippen molar-refractivity contribution < 1.29 is 9.53 Å². The molecule has 4 heteroatoms. The van der Waals surface area contributed by atoms with E-state index in [9.17, 15) is 4.79 Å². The lowest BCUT2D eigenvalue weighted by Gasteiger charge is -2.22. The Kier molecular flexibility index (Phi) is 6.40. The Morgan fingerprint density at radius 3 is 2.57 bits per heavy atom. The van der Waals surface area contributed by atoms with Gasteiger partial charge in [-0.2, -0.15) is 0 Å². The van der Waals surface area contributed by atoms with E-state index in [1.165, 1.54) is 43.5 Å². The lowest BCUT2D eigenvalue weighted by molar-refractivity contribution is 0.0169. The van der Waals surface area contributed by atoms with Gasteiger partial charge in [-0.3, -0.25) is 9.69 Å². The zero-order chi connectivity index (χ0) is 19.2. The molecule has 148 valence electrons. The molecule has 1 atom stereocenters. The lowest BCUT2D eigenvalue weighted by atomic mass is 10.0. The van der Waals surface area contributed by atoms with Crippen molar-refractivity contribution in [3.8, 4) is 11.1 Å². The molecule has 0 bridgehead atoms. The van der Waals surface area contributed by atoms with E-state index in [1.807, 2.05) is 24.3 Å². The Labute approximate surface area is 167 Å². The molecule has 0 unspecified atom stereocenters. The summed E-state index contributed by atoms with van der Waals surface area (Å²) in [7, 11) is 0. The number of nitrogens with zero attached hydrogens (tertiary/aromatic N) is 1. The van der Waals surface area contributed by atoms with Crippen LogP contribution in [0.5, 0.6) is 0 Å². The number of rotatable bonds is 6. The van der Waals surface area contributed by atoms with Crippen molar-refractivity contribution in [2.24, 2.45) is 0 Å². The van der Waals surface area contributed by atoms with E-state index in [0.717, 1.165) is 31.6 Å². The van der Waals surface area contributed by atoms with Gasteiger partial charge in [0.05, 0.1) is 6.10 Å². The van der Waals surface area contributed by atoms with Gasteiger partial charge in [-0.25, -0.2) is 0 Å². The highest BCUT2D eigenvalue weighted by atomic mass is 16.5. The predicted octanol–water partition coefficient (Wildman–Crippen LogP) is 4.25. The number of ether oxygens (including phenoxy) is 1. The molecule has 0 spiro atoms. The van der Waals surface area contributed by atoms with Crippen LogP contribution in [0.4, 0.5) is 0 Å². The molecule has 1 amide bonds. The van der Waals surface area contributed by atoms with E-state index in [-0.39, 0.29) is 12.0 Å². The molecule has 2 aromatic carbocycles. The Hall–Kier alpha value is -2.17. The van der Waals surface area contributed by atoms with Crippen molar-refractivity contribution in [3.05, 3.63) is 59.7 Å². The molecule has 4 rings (SSSR count). The van der Waals surface area contributed by atoms with Crippen LogP contribution in [0.15, 0.2) is 48.5 Å². The second kappa shape index (κ2) is 9.35. The number of carbonyl (C=O) groups is 1. The first-order valence-electron chi connectivity index (χ1n) is 10.6. The number of carbonyl (C=O) groups excluding carboxylic acids is 1. The summed E-state index contributed by atoms with van der Waals surface area (Å²) in [6.07, 6.45) is 6.14. The fraction of sp³-hybridized carbons (Fsp3) is 0.458. The molecule has 2 saturated heterocycles. The highest BCUT2D eigenvalue weighted by Crippen LogP contribution is 2.23. The van der Waals surface area contributed by atoms with Crippen LogP contribution >= 0.6 is 0 Å². The number of hydrogen-bond donors (Lipinski definition) is 1. The van der Waals surface area contributed by atoms with Crippen LogP contribution in [0.25, 0.3) is 11.1 Å². The molecule has 0 saturated carbocycles. The standard InChI is InChI=1S/C24H30N2O2/c27-24(25-17-23-8-1-4-15-28-23)21-11-9-20(10-12-21)22-7-5-6-19(16-22)18-26-13-2-3-14-26/h5-7,9-12,16,23H,1-4,8,13-15,17-18H2,(H,25,27)/t23-/m0/s1. The normalized spacial score (nSPS) is 20.2. The van der Waals surface area contributed by atoms with Gasteiger partial charge in [-0.15, -0.1) is 0 Å². The van der Waals surface area contributed by atoms with E-state index in [0.29, 0.717) is 12.1 Å². The van der Waals surface area contributed by atoms with Gasteiger partial charge in [0.15, 0.2) is 0 Å². The molecule has 28 heavy (non-hydrogen) atoms. The number of nitrogens with one attached hydrogen (secondary N) is 1. The molecule has 2 aliphatic heterocycles. The number of benzene rings is 2. The lowest BCUT2D eigenvalue weighted by Crippen LogP contribution is -2.35. The summed E-state index contributed by atoms with van der Waals surface area (Å²) < 4.78 is 5.68. The minimum absolute atomic E-state index is 0.0245. The first-order chi connectivity index (χ1) is 13.8. The molecule has 4 nitrogen and oxygen atoms in total. The van der Waals surface area contributed by atoms with Gasteiger partial charge >= 0.3 is 0 Å². The van der Waals surface area contributed by atoms with Crippen molar-refractivity contribution >= 4 is 5.91 Å². The Balaban J connectivity index is 1.36. The second-order valence-corrected chi connectivity index (χ2v) is 7.96. The van der Waals surface area contributed by atoms with Crippen LogP contribution in [-0.2, 0) is 11.3 Å². The number of likely N-dealkylation sites (tertiary alicyclic amines) is 1. The molecular weight excluding hydrogens is 348 g/mol. The Morgan fingerprint density at radius 1 is 1.00 bits per heavy atom. The van der Waals surface area contributed by atoms with E-state index in [1.54, 1.807) is 0 Å². The highest BCUT2D eigenvalue weighted by Gasteiger charge is 2.15. The third-order valence-electron chi connectivity index (χ3n) is 5.78. The largest absolute Gasteiger partial charge is 0.376 e. The molecule has 0 radical (unpaired) electrons. The van der Waals surface area contributed by atoms with E-state index in [4.69, 9.17) is 4.74 Å². The summed E-state index contributed by atoms with van der Waals surface area (Å²) in [6, 6.07) is 16.7. The summed E-state index contributed by atoms with van der Waals surface area (Å²) in [5, 5.41) is 3.01. The van der Waals surface area contributed by atoms with Crippen LogP contribution in [0.1, 0.15) is 48.0 Å². The third kappa shape index (κ3) is 5.00. The van der Waals surface area contributed by atoms with Crippen LogP contribution in [0.3, 0.4) is 0 Å². The highest BCUT2D eigenvalue weighted by molar-refractivity contribution is 5.94. The van der Waals surface area contributed by atoms with Crippen LogP contribution in [0.2, 0.25) is 0 Å². The molecule has 2 aromatic rings. The maximum atomic E-state index is 12.4. The summed E-state index contributed by atoms with van der Waals surface area (Å²) in [5.74, 6) is -0.0245. The van der Waals surface area contributed by atoms with Gasteiger partial charge < -0.3 is 10.1 Å². The van der Waals surface area contributed by atoms with E-state index in [2.05, 4.69) is 34.5 Å². The fourth-order valence-electron chi connectivity index (χ4n) is 4.14. The molecular formula is C24H30N2O2. The SMILES string of the molecule is O=C(NC[C@@H]1CCCCO1)c1ccc(-c2cccc(CN3CCCC3)c2)cc1. The van der Waals surface area contributed by atoms with Crippen LogP contribution in [-0.4, -0.2) is 43.2 Å². The summed E-state index contributed by atoms with van der Waals surface area (Å²) in [5.41, 5.74) is 4.41. The Morgan fingerprint density at radius 2 is 1.82 bits per heavy atom. The summed E-state index contributed by atoms with van der Waals surface area (Å²) >= 11 is 0. The summed E-state index contributed by atoms with van der Waals surface area (Å²) in [4.78, 5) is 14.9. The first-order valence-corrected chi connectivity index (χ1v) is 10.6. The van der Waals surface area contributed by atoms with Gasteiger partial charge in [0.2, 0.25) is 0 Å². The quantitative estimate of drug-likeness (QED) is 0.817. The zero-order valence-electron chi connectivity index (χ0n) is 16.5. The van der Waals surface area contributed by atoms with Gasteiger partial charge in [-0.05, 0) is 80.1 Å². The number of hydrogen-bond acceptors (Lipinski definition) is 3. The Bertz CT molecular complexity index is 775. The monoisotopic (exact) mass is 378 g/mol. The smallest absolute Gasteiger partial charge is 0.251 e. The third-order valence-corrected chi connectivity index (χ3v) is 5.78. The summed E-state index contributed by atoms with van der Waals surface area (Å²) in [6.45, 7) is 4.85. The average molecular weight is 379 g/mol. The molecule has 2 heterocycles. The molecule has 0 aliphatic carbocycles. The minimum Gasteiger partial charge on any atom is -0.376 e. The molecule has 2 fully saturated rings. The maximum Gasteiger partial charge on any atom is 0.251 e. The average Bonchev–Trinajstić information content (AvgIpc) is 3.26. The topological polar surface area (TPSA) is 41.6 Å². The second-order valence-electron chi connectivity index (χ2n) is 7.96. The van der Waals surface area contributed by atoms with Gasteiger partial charge in [0.1, 0.15) is 0 Å². The van der Waals surface area contributed by atoms with Crippen molar-refractivity contribution in [2.45, 2.75) is 44.8 Å². The van der Waals surface area contributed by atoms with Crippen LogP contribution < -0.4 is 5.32 Å². The van der Waals surface area contributed by atoms with Crippen molar-refractivity contribution in [2.75, 3.05) is 26.2 Å². The predicted molar refractivity (Wildman–Crippen MR) is 112 cm³/mol. The van der Waals surface area contributed by atoms with Gasteiger partial charge in [-0.1, -0.05) is 30.3 Å². The molecule has 2 aliphatic rings. The molecule has 0 aromatic heterocycles. The van der Waals surface area contributed by atoms with Crippen LogP contribution in [0, 0.1) is 0 Å². The van der Waals surface area contributed by atoms with Crippen molar-refractivity contribution in [1.29, 1.82) is 0 Å². The fourth-order valence-corrected chi connectivity index (χ4v) is 4.14. The molecule has 1 N–H and O–H groups in total. The van der Waals surface area contributed by atoms with Crippen molar-refractivity contribution in [3.63, 3.8) is 0 Å².